The highest BCUT2D eigenvalue weighted by atomic mass is 16.5. The number of methoxy groups -OCH3 is 1. The van der Waals surface area contributed by atoms with Gasteiger partial charge in [0.15, 0.2) is 5.65 Å². The Morgan fingerprint density at radius 2 is 1.88 bits per heavy atom. The Balaban J connectivity index is 2.00. The number of ether oxygens (including phenoxy) is 1. The minimum absolute atomic E-state index is 0.200. The fourth-order valence-corrected chi connectivity index (χ4v) is 3.09. The summed E-state index contributed by atoms with van der Waals surface area (Å²) in [7, 11) is 1.36. The van der Waals surface area contributed by atoms with Crippen LogP contribution in [0.25, 0.3) is 16.7 Å². The molecule has 26 heavy (non-hydrogen) atoms. The summed E-state index contributed by atoms with van der Waals surface area (Å²) >= 11 is 0. The molecule has 0 saturated heterocycles. The topological polar surface area (TPSA) is 75.9 Å². The maximum absolute atomic E-state index is 12.3. The van der Waals surface area contributed by atoms with Crippen molar-refractivity contribution in [3.8, 4) is 5.75 Å². The van der Waals surface area contributed by atoms with Crippen molar-refractivity contribution in [1.82, 2.24) is 9.38 Å². The number of anilines is 2. The van der Waals surface area contributed by atoms with Crippen LogP contribution in [-0.4, -0.2) is 27.6 Å². The van der Waals surface area contributed by atoms with Crippen LogP contribution in [0.4, 0.5) is 11.5 Å². The number of para-hydroxylation sites is 2. The van der Waals surface area contributed by atoms with Crippen molar-refractivity contribution in [2.45, 2.75) is 6.92 Å². The molecule has 0 unspecified atom stereocenters. The molecule has 0 atom stereocenters. The summed E-state index contributed by atoms with van der Waals surface area (Å²) in [5, 5.41) is 12.8. The predicted octanol–water partition coefficient (Wildman–Crippen LogP) is 4.03. The number of carbonyl (C=O) groups excluding carboxylic acids is 1. The van der Waals surface area contributed by atoms with E-state index in [1.807, 2.05) is 41.7 Å². The number of pyridine rings is 1. The Kier molecular flexibility index (Phi) is 3.73. The van der Waals surface area contributed by atoms with Gasteiger partial charge >= 0.3 is 5.97 Å². The van der Waals surface area contributed by atoms with E-state index in [9.17, 15) is 9.90 Å². The first kappa shape index (κ1) is 16.0. The van der Waals surface area contributed by atoms with Crippen molar-refractivity contribution in [2.24, 2.45) is 0 Å². The molecule has 0 amide bonds. The number of nitrogens with zero attached hydrogens (tertiary/aromatic N) is 2. The number of phenolic OH excluding ortho intramolecular Hbond substituents is 1. The number of imidazole rings is 1. The highest BCUT2D eigenvalue weighted by molar-refractivity contribution is 6.00. The molecule has 2 aromatic heterocycles. The Labute approximate surface area is 149 Å². The lowest BCUT2D eigenvalue weighted by atomic mass is 10.1. The SMILES string of the molecule is COC(=O)c1c(C)cc(Nc2ccc(O)cc2)n2c1nc1ccccc12. The molecule has 2 heterocycles. The van der Waals surface area contributed by atoms with Crippen molar-refractivity contribution < 1.29 is 14.6 Å². The fourth-order valence-electron chi connectivity index (χ4n) is 3.09. The van der Waals surface area contributed by atoms with Crippen molar-refractivity contribution in [3.05, 3.63) is 65.7 Å². The summed E-state index contributed by atoms with van der Waals surface area (Å²) in [6, 6.07) is 16.4. The molecule has 0 fully saturated rings. The first-order valence-corrected chi connectivity index (χ1v) is 8.13. The van der Waals surface area contributed by atoms with Gasteiger partial charge in [0.25, 0.3) is 0 Å². The van der Waals surface area contributed by atoms with Gasteiger partial charge in [0.2, 0.25) is 0 Å². The Hall–Kier alpha value is -3.54. The first-order chi connectivity index (χ1) is 12.6. The van der Waals surface area contributed by atoms with Gasteiger partial charge in [-0.3, -0.25) is 4.40 Å². The van der Waals surface area contributed by atoms with E-state index < -0.39 is 5.97 Å². The largest absolute Gasteiger partial charge is 0.508 e. The zero-order valence-corrected chi connectivity index (χ0v) is 14.4. The lowest BCUT2D eigenvalue weighted by Crippen LogP contribution is -2.09. The van der Waals surface area contributed by atoms with Gasteiger partial charge in [-0.25, -0.2) is 9.78 Å². The molecule has 130 valence electrons. The van der Waals surface area contributed by atoms with E-state index in [1.54, 1.807) is 24.3 Å². The molecule has 0 radical (unpaired) electrons. The summed E-state index contributed by atoms with van der Waals surface area (Å²) < 4.78 is 6.86. The fraction of sp³-hybridized carbons (Fsp3) is 0.100. The zero-order valence-electron chi connectivity index (χ0n) is 14.4. The molecule has 0 saturated carbocycles. The minimum Gasteiger partial charge on any atom is -0.508 e. The van der Waals surface area contributed by atoms with Crippen LogP contribution in [0.5, 0.6) is 5.75 Å². The van der Waals surface area contributed by atoms with E-state index in [1.165, 1.54) is 7.11 Å². The van der Waals surface area contributed by atoms with Gasteiger partial charge in [0, 0.05) is 5.69 Å². The lowest BCUT2D eigenvalue weighted by molar-refractivity contribution is 0.0601. The van der Waals surface area contributed by atoms with Crippen molar-refractivity contribution in [1.29, 1.82) is 0 Å². The van der Waals surface area contributed by atoms with E-state index in [4.69, 9.17) is 4.74 Å². The number of esters is 1. The number of hydrogen-bond donors (Lipinski definition) is 2. The monoisotopic (exact) mass is 347 g/mol. The highest BCUT2D eigenvalue weighted by Crippen LogP contribution is 2.29. The molecule has 0 bridgehead atoms. The van der Waals surface area contributed by atoms with Crippen LogP contribution in [0, 0.1) is 6.92 Å². The van der Waals surface area contributed by atoms with Crippen LogP contribution in [0.1, 0.15) is 15.9 Å². The van der Waals surface area contributed by atoms with Gasteiger partial charge in [-0.1, -0.05) is 12.1 Å². The number of fused-ring (bicyclic) bond motifs is 3. The summed E-state index contributed by atoms with van der Waals surface area (Å²) in [6.07, 6.45) is 0. The van der Waals surface area contributed by atoms with Crippen molar-refractivity contribution in [2.75, 3.05) is 12.4 Å². The first-order valence-electron chi connectivity index (χ1n) is 8.13. The number of nitrogens with one attached hydrogen (secondary N) is 1. The van der Waals surface area contributed by atoms with Gasteiger partial charge in [-0.05, 0) is 55.0 Å². The molecule has 6 heteroatoms. The quantitative estimate of drug-likeness (QED) is 0.432. The van der Waals surface area contributed by atoms with E-state index in [2.05, 4.69) is 10.3 Å². The van der Waals surface area contributed by atoms with Crippen molar-refractivity contribution >= 4 is 34.2 Å². The second kappa shape index (κ2) is 6.07. The number of aryl methyl sites for hydroxylation is 1. The standard InChI is InChI=1S/C20H17N3O3/c1-12-11-17(21-13-7-9-14(24)10-8-13)23-16-6-4-3-5-15(16)22-19(23)18(12)20(25)26-2/h3-11,21,24H,1-2H3. The van der Waals surface area contributed by atoms with Gasteiger partial charge in [-0.2, -0.15) is 0 Å². The van der Waals surface area contributed by atoms with Gasteiger partial charge in [0.05, 0.1) is 18.1 Å². The number of benzene rings is 2. The van der Waals surface area contributed by atoms with Crippen molar-refractivity contribution in [3.63, 3.8) is 0 Å². The second-order valence-electron chi connectivity index (χ2n) is 6.01. The molecule has 2 aromatic carbocycles. The Morgan fingerprint density at radius 1 is 1.15 bits per heavy atom. The third-order valence-corrected chi connectivity index (χ3v) is 4.30. The van der Waals surface area contributed by atoms with E-state index in [-0.39, 0.29) is 5.75 Å². The second-order valence-corrected chi connectivity index (χ2v) is 6.01. The number of phenols is 1. The van der Waals surface area contributed by atoms with E-state index >= 15 is 0 Å². The zero-order chi connectivity index (χ0) is 18.3. The van der Waals surface area contributed by atoms with Crippen LogP contribution < -0.4 is 5.32 Å². The number of hydrogen-bond acceptors (Lipinski definition) is 5. The van der Waals surface area contributed by atoms with Gasteiger partial charge < -0.3 is 15.2 Å². The average molecular weight is 347 g/mol. The maximum Gasteiger partial charge on any atom is 0.341 e. The Bertz CT molecular complexity index is 1130. The summed E-state index contributed by atoms with van der Waals surface area (Å²) in [6.45, 7) is 1.85. The summed E-state index contributed by atoms with van der Waals surface area (Å²) in [5.74, 6) is 0.550. The number of carbonyl (C=O) groups is 1. The third-order valence-electron chi connectivity index (χ3n) is 4.30. The molecule has 0 aliphatic heterocycles. The molecule has 0 aliphatic carbocycles. The van der Waals surface area contributed by atoms with Crippen LogP contribution in [0.2, 0.25) is 0 Å². The van der Waals surface area contributed by atoms with Gasteiger partial charge in [-0.15, -0.1) is 0 Å². The maximum atomic E-state index is 12.3. The minimum atomic E-state index is -0.418. The van der Waals surface area contributed by atoms with E-state index in [0.29, 0.717) is 11.2 Å². The molecule has 0 spiro atoms. The van der Waals surface area contributed by atoms with E-state index in [0.717, 1.165) is 28.1 Å². The average Bonchev–Trinajstić information content (AvgIpc) is 3.02. The third kappa shape index (κ3) is 2.52. The summed E-state index contributed by atoms with van der Waals surface area (Å²) in [4.78, 5) is 17.0. The smallest absolute Gasteiger partial charge is 0.341 e. The molecule has 0 aliphatic rings. The molecular formula is C20H17N3O3. The number of rotatable bonds is 3. The molecular weight excluding hydrogens is 330 g/mol. The van der Waals surface area contributed by atoms with Crippen LogP contribution in [0.15, 0.2) is 54.6 Å². The number of aromatic nitrogens is 2. The molecule has 4 aromatic rings. The summed E-state index contributed by atoms with van der Waals surface area (Å²) in [5.41, 5.74) is 4.23. The number of aromatic hydroxyl groups is 1. The molecule has 6 nitrogen and oxygen atoms in total. The lowest BCUT2D eigenvalue weighted by Gasteiger charge is -2.14. The predicted molar refractivity (Wildman–Crippen MR) is 100 cm³/mol. The normalized spacial score (nSPS) is 11.0. The molecule has 2 N–H and O–H groups in total. The Morgan fingerprint density at radius 3 is 2.62 bits per heavy atom. The molecule has 4 rings (SSSR count). The highest BCUT2D eigenvalue weighted by Gasteiger charge is 2.20. The van der Waals surface area contributed by atoms with Crippen LogP contribution >= 0.6 is 0 Å². The van der Waals surface area contributed by atoms with Crippen LogP contribution in [-0.2, 0) is 4.74 Å². The van der Waals surface area contributed by atoms with Gasteiger partial charge in [0.1, 0.15) is 17.1 Å². The van der Waals surface area contributed by atoms with Crippen LogP contribution in [0.3, 0.4) is 0 Å².